The van der Waals surface area contributed by atoms with Gasteiger partial charge in [-0.3, -0.25) is 0 Å². The van der Waals surface area contributed by atoms with E-state index >= 15 is 0 Å². The second-order valence-electron chi connectivity index (χ2n) is 7.40. The van der Waals surface area contributed by atoms with Gasteiger partial charge >= 0.3 is 0 Å². The number of hydrogen-bond donors (Lipinski definition) is 1. The van der Waals surface area contributed by atoms with Crippen LogP contribution < -0.4 is 5.32 Å². The van der Waals surface area contributed by atoms with Gasteiger partial charge in [-0.25, -0.2) is 0 Å². The van der Waals surface area contributed by atoms with Crippen molar-refractivity contribution in [2.24, 2.45) is 17.8 Å². The lowest BCUT2D eigenvalue weighted by Gasteiger charge is -2.28. The minimum Gasteiger partial charge on any atom is -0.310 e. The molecule has 0 saturated heterocycles. The third kappa shape index (κ3) is 2.93. The highest BCUT2D eigenvalue weighted by molar-refractivity contribution is 5.24. The van der Waals surface area contributed by atoms with E-state index in [2.05, 4.69) is 50.4 Å². The van der Waals surface area contributed by atoms with E-state index in [1.54, 1.807) is 0 Å². The number of benzene rings is 1. The molecule has 2 aliphatic rings. The molecule has 2 saturated carbocycles. The lowest BCUT2D eigenvalue weighted by Crippen LogP contribution is -2.35. The van der Waals surface area contributed by atoms with Gasteiger partial charge in [0.15, 0.2) is 0 Å². The van der Waals surface area contributed by atoms with Crippen LogP contribution in [0, 0.1) is 17.8 Å². The fourth-order valence-corrected chi connectivity index (χ4v) is 4.36. The second kappa shape index (κ2) is 5.89. The third-order valence-corrected chi connectivity index (χ3v) is 5.71. The van der Waals surface area contributed by atoms with Crippen LogP contribution in [0.3, 0.4) is 0 Å². The van der Waals surface area contributed by atoms with Gasteiger partial charge in [0, 0.05) is 12.6 Å². The molecule has 2 aliphatic carbocycles. The zero-order valence-corrected chi connectivity index (χ0v) is 13.2. The molecule has 0 aromatic heterocycles. The van der Waals surface area contributed by atoms with Crippen LogP contribution in [0.5, 0.6) is 0 Å². The minimum absolute atomic E-state index is 0.630. The molecule has 4 unspecified atom stereocenters. The van der Waals surface area contributed by atoms with Crippen LogP contribution in [0.25, 0.3) is 0 Å². The predicted octanol–water partition coefficient (Wildman–Crippen LogP) is 4.72. The molecule has 20 heavy (non-hydrogen) atoms. The highest BCUT2D eigenvalue weighted by atomic mass is 14.9. The van der Waals surface area contributed by atoms with E-state index in [1.807, 2.05) is 0 Å². The number of fused-ring (bicyclic) bond motifs is 2. The maximum absolute atomic E-state index is 3.77. The highest BCUT2D eigenvalue weighted by Crippen LogP contribution is 2.49. The molecule has 1 aromatic carbocycles. The van der Waals surface area contributed by atoms with Crippen molar-refractivity contribution in [3.05, 3.63) is 35.4 Å². The minimum atomic E-state index is 0.630. The first-order valence-electron chi connectivity index (χ1n) is 8.45. The van der Waals surface area contributed by atoms with Crippen molar-refractivity contribution in [1.29, 1.82) is 0 Å². The molecule has 110 valence electrons. The van der Waals surface area contributed by atoms with Gasteiger partial charge in [-0.2, -0.15) is 0 Å². The summed E-state index contributed by atoms with van der Waals surface area (Å²) in [5.41, 5.74) is 2.86. The Kier molecular flexibility index (Phi) is 4.16. The van der Waals surface area contributed by atoms with Gasteiger partial charge in [0.05, 0.1) is 0 Å². The number of nitrogens with one attached hydrogen (secondary N) is 1. The maximum atomic E-state index is 3.77. The molecule has 1 N–H and O–H groups in total. The summed E-state index contributed by atoms with van der Waals surface area (Å²) < 4.78 is 0. The van der Waals surface area contributed by atoms with E-state index in [4.69, 9.17) is 0 Å². The van der Waals surface area contributed by atoms with E-state index in [0.29, 0.717) is 12.0 Å². The number of hydrogen-bond acceptors (Lipinski definition) is 1. The summed E-state index contributed by atoms with van der Waals surface area (Å²) in [5, 5.41) is 3.77. The predicted molar refractivity (Wildman–Crippen MR) is 85.8 cm³/mol. The highest BCUT2D eigenvalue weighted by Gasteiger charge is 2.41. The molecular weight excluding hydrogens is 242 g/mol. The monoisotopic (exact) mass is 271 g/mol. The van der Waals surface area contributed by atoms with Gasteiger partial charge in [0.2, 0.25) is 0 Å². The van der Waals surface area contributed by atoms with Crippen molar-refractivity contribution in [2.45, 2.75) is 65.0 Å². The molecule has 0 heterocycles. The summed E-state index contributed by atoms with van der Waals surface area (Å²) in [6, 6.07) is 9.81. The molecule has 0 amide bonds. The summed E-state index contributed by atoms with van der Waals surface area (Å²) in [6.45, 7) is 7.93. The lowest BCUT2D eigenvalue weighted by atomic mass is 9.84. The summed E-state index contributed by atoms with van der Waals surface area (Å²) in [4.78, 5) is 0. The molecule has 0 aliphatic heterocycles. The Hall–Kier alpha value is -0.820. The van der Waals surface area contributed by atoms with Crippen LogP contribution in [0.4, 0.5) is 0 Å². The molecule has 1 heteroatoms. The van der Waals surface area contributed by atoms with Gasteiger partial charge in [-0.05, 0) is 61.0 Å². The second-order valence-corrected chi connectivity index (χ2v) is 7.40. The Bertz CT molecular complexity index is 434. The van der Waals surface area contributed by atoms with Crippen molar-refractivity contribution in [3.63, 3.8) is 0 Å². The average Bonchev–Trinajstić information content (AvgIpc) is 3.08. The quantitative estimate of drug-likeness (QED) is 0.816. The van der Waals surface area contributed by atoms with E-state index in [1.165, 1.54) is 36.8 Å². The first-order valence-corrected chi connectivity index (χ1v) is 8.45. The van der Waals surface area contributed by atoms with Crippen LogP contribution in [-0.4, -0.2) is 6.04 Å². The average molecular weight is 271 g/mol. The Balaban J connectivity index is 1.51. The fraction of sp³-hybridized carbons (Fsp3) is 0.684. The molecule has 0 radical (unpaired) electrons. The van der Waals surface area contributed by atoms with Gasteiger partial charge in [0.1, 0.15) is 0 Å². The van der Waals surface area contributed by atoms with E-state index in [9.17, 15) is 0 Å². The van der Waals surface area contributed by atoms with Crippen LogP contribution in [0.15, 0.2) is 24.3 Å². The standard InChI is InChI=1S/C19H29N/c1-13(2)17-7-4-15(5-8-17)12-20-14(3)19-11-16-6-9-18(19)10-16/h4-5,7-8,13-14,16,18-20H,6,9-12H2,1-3H3. The van der Waals surface area contributed by atoms with Gasteiger partial charge < -0.3 is 5.32 Å². The zero-order valence-electron chi connectivity index (χ0n) is 13.2. The lowest BCUT2D eigenvalue weighted by molar-refractivity contribution is 0.259. The molecule has 2 bridgehead atoms. The first kappa shape index (κ1) is 14.1. The summed E-state index contributed by atoms with van der Waals surface area (Å²) in [5.74, 6) is 3.64. The third-order valence-electron chi connectivity index (χ3n) is 5.71. The Morgan fingerprint density at radius 3 is 2.35 bits per heavy atom. The van der Waals surface area contributed by atoms with E-state index in [-0.39, 0.29) is 0 Å². The summed E-state index contributed by atoms with van der Waals surface area (Å²) >= 11 is 0. The Morgan fingerprint density at radius 2 is 1.80 bits per heavy atom. The SMILES string of the molecule is CC(C)c1ccc(CNC(C)C2CC3CCC2C3)cc1. The molecule has 0 spiro atoms. The van der Waals surface area contributed by atoms with Gasteiger partial charge in [0.25, 0.3) is 0 Å². The first-order chi connectivity index (χ1) is 9.63. The fourth-order valence-electron chi connectivity index (χ4n) is 4.36. The topological polar surface area (TPSA) is 12.0 Å². The Morgan fingerprint density at radius 1 is 1.05 bits per heavy atom. The Labute approximate surface area is 124 Å². The van der Waals surface area contributed by atoms with Crippen molar-refractivity contribution in [1.82, 2.24) is 5.32 Å². The van der Waals surface area contributed by atoms with Crippen molar-refractivity contribution in [3.8, 4) is 0 Å². The van der Waals surface area contributed by atoms with Crippen LogP contribution >= 0.6 is 0 Å². The molecule has 1 aromatic rings. The van der Waals surface area contributed by atoms with Gasteiger partial charge in [-0.1, -0.05) is 44.5 Å². The number of rotatable bonds is 5. The molecule has 2 fully saturated rings. The largest absolute Gasteiger partial charge is 0.310 e. The maximum Gasteiger partial charge on any atom is 0.0208 e. The van der Waals surface area contributed by atoms with Crippen LogP contribution in [0.1, 0.15) is 63.5 Å². The summed E-state index contributed by atoms with van der Waals surface area (Å²) in [6.07, 6.45) is 5.99. The van der Waals surface area contributed by atoms with Crippen molar-refractivity contribution < 1.29 is 0 Å². The zero-order chi connectivity index (χ0) is 14.1. The normalized spacial score (nSPS) is 30.1. The molecule has 1 nitrogen and oxygen atoms in total. The van der Waals surface area contributed by atoms with E-state index in [0.717, 1.165) is 24.3 Å². The summed E-state index contributed by atoms with van der Waals surface area (Å²) in [7, 11) is 0. The smallest absolute Gasteiger partial charge is 0.0208 e. The van der Waals surface area contributed by atoms with Crippen molar-refractivity contribution >= 4 is 0 Å². The molecule has 4 atom stereocenters. The van der Waals surface area contributed by atoms with Crippen molar-refractivity contribution in [2.75, 3.05) is 0 Å². The van der Waals surface area contributed by atoms with E-state index < -0.39 is 0 Å². The van der Waals surface area contributed by atoms with Gasteiger partial charge in [-0.15, -0.1) is 0 Å². The molecule has 3 rings (SSSR count). The van der Waals surface area contributed by atoms with Crippen LogP contribution in [-0.2, 0) is 6.54 Å². The van der Waals surface area contributed by atoms with Crippen LogP contribution in [0.2, 0.25) is 0 Å². The molecular formula is C19H29N.